The highest BCUT2D eigenvalue weighted by Crippen LogP contribution is 2.42. The van der Waals surface area contributed by atoms with Crippen LogP contribution < -0.4 is 19.7 Å². The Labute approximate surface area is 326 Å². The number of nitrogens with zero attached hydrogens (tertiary/aromatic N) is 4. The Kier molecular flexibility index (Phi) is 12.5. The average molecular weight is 749 g/mol. The summed E-state index contributed by atoms with van der Waals surface area (Å²) in [6.07, 6.45) is 10.2. The van der Waals surface area contributed by atoms with Crippen molar-refractivity contribution in [3.8, 4) is 11.8 Å². The first kappa shape index (κ1) is 39.6. The van der Waals surface area contributed by atoms with E-state index in [2.05, 4.69) is 152 Å². The van der Waals surface area contributed by atoms with Gasteiger partial charge in [0.15, 0.2) is 0 Å². The molecule has 5 rings (SSSR count). The standard InChI is InChI=1S/C46H48N4O2SSi/c1-10-30-50(31-11-2)35-24-22-34(42(32-35)52-54(45(3,4)5,38-18-14-12-15-19-38)39-20-16-13-17-21-39)23-25-36-26-27-37(53-36)28-29-40-43(49-9)44(41(33-47)48-8)51-46(40,6)7/h12-29,32H,10-11,30-31H2,1-7H3/b25-23+,29-28+,44-41+. The van der Waals surface area contributed by atoms with Gasteiger partial charge in [-0.3, -0.25) is 0 Å². The first-order chi connectivity index (χ1) is 25.9. The van der Waals surface area contributed by atoms with Crippen molar-refractivity contribution in [2.24, 2.45) is 0 Å². The molecule has 0 radical (unpaired) electrons. The van der Waals surface area contributed by atoms with E-state index in [4.69, 9.17) is 22.3 Å². The molecule has 0 amide bonds. The number of allylic oxidation sites excluding steroid dienone is 1. The smallest absolute Gasteiger partial charge is 0.319 e. The summed E-state index contributed by atoms with van der Waals surface area (Å²) in [6, 6.07) is 34.2. The van der Waals surface area contributed by atoms with Crippen LogP contribution in [0.1, 0.15) is 76.6 Å². The van der Waals surface area contributed by atoms with Crippen LogP contribution in [0.3, 0.4) is 0 Å². The highest BCUT2D eigenvalue weighted by atomic mass is 32.1. The van der Waals surface area contributed by atoms with Gasteiger partial charge in [-0.1, -0.05) is 101 Å². The lowest BCUT2D eigenvalue weighted by molar-refractivity contribution is 0.0952. The summed E-state index contributed by atoms with van der Waals surface area (Å²) in [7, 11) is -2.91. The minimum atomic E-state index is -2.91. The number of thiophene rings is 1. The van der Waals surface area contributed by atoms with E-state index < -0.39 is 13.9 Å². The van der Waals surface area contributed by atoms with E-state index >= 15 is 0 Å². The number of rotatable bonds is 13. The molecule has 0 N–H and O–H groups in total. The lowest BCUT2D eigenvalue weighted by Crippen LogP contribution is -2.68. The average Bonchev–Trinajstić information content (AvgIpc) is 3.72. The Balaban J connectivity index is 1.57. The maximum absolute atomic E-state index is 9.44. The fourth-order valence-electron chi connectivity index (χ4n) is 7.00. The van der Waals surface area contributed by atoms with Crippen molar-refractivity contribution < 1.29 is 9.16 Å². The van der Waals surface area contributed by atoms with Crippen LogP contribution in [0, 0.1) is 24.5 Å². The minimum absolute atomic E-state index is 0.0524. The molecule has 0 saturated heterocycles. The van der Waals surface area contributed by atoms with Crippen LogP contribution >= 0.6 is 11.3 Å². The summed E-state index contributed by atoms with van der Waals surface area (Å²) in [6.45, 7) is 32.1. The van der Waals surface area contributed by atoms with Gasteiger partial charge in [-0.15, -0.1) is 11.3 Å². The summed E-state index contributed by atoms with van der Waals surface area (Å²) < 4.78 is 13.6. The van der Waals surface area contributed by atoms with Crippen LogP contribution in [0.5, 0.6) is 5.75 Å². The third-order valence-corrected chi connectivity index (χ3v) is 15.5. The normalized spacial score (nSPS) is 15.1. The first-order valence-electron chi connectivity index (χ1n) is 18.4. The lowest BCUT2D eigenvalue weighted by Gasteiger charge is -2.43. The third kappa shape index (κ3) is 8.29. The molecule has 2 heterocycles. The molecule has 4 aromatic rings. The van der Waals surface area contributed by atoms with Gasteiger partial charge in [-0.25, -0.2) is 15.0 Å². The number of ether oxygens (including phenoxy) is 1. The number of nitriles is 1. The second-order valence-corrected chi connectivity index (χ2v) is 20.1. The largest absolute Gasteiger partial charge is 0.534 e. The molecule has 0 aliphatic carbocycles. The second-order valence-electron chi connectivity index (χ2n) is 14.8. The number of hydrogen-bond donors (Lipinski definition) is 0. The Hall–Kier alpha value is -5.59. The van der Waals surface area contributed by atoms with Gasteiger partial charge in [0.05, 0.1) is 19.2 Å². The van der Waals surface area contributed by atoms with Gasteiger partial charge in [0.2, 0.25) is 5.70 Å². The van der Waals surface area contributed by atoms with Crippen molar-refractivity contribution >= 4 is 53.9 Å². The van der Waals surface area contributed by atoms with Gasteiger partial charge in [0.1, 0.15) is 17.1 Å². The molecule has 0 unspecified atom stereocenters. The van der Waals surface area contributed by atoms with E-state index in [1.54, 1.807) is 11.3 Å². The maximum atomic E-state index is 9.44. The van der Waals surface area contributed by atoms with Crippen LogP contribution in [0.25, 0.3) is 27.9 Å². The Morgan fingerprint density at radius 1 is 0.870 bits per heavy atom. The van der Waals surface area contributed by atoms with Crippen molar-refractivity contribution in [2.75, 3.05) is 18.0 Å². The zero-order valence-corrected chi connectivity index (χ0v) is 34.1. The Morgan fingerprint density at radius 2 is 1.44 bits per heavy atom. The van der Waals surface area contributed by atoms with Crippen molar-refractivity contribution in [1.82, 2.24) is 0 Å². The van der Waals surface area contributed by atoms with Crippen LogP contribution in [-0.4, -0.2) is 27.0 Å². The minimum Gasteiger partial charge on any atom is -0.534 e. The third-order valence-electron chi connectivity index (χ3n) is 9.54. The van der Waals surface area contributed by atoms with Crippen molar-refractivity contribution in [2.45, 2.75) is 71.9 Å². The fraction of sp³-hybridized carbons (Fsp3) is 0.283. The molecular formula is C46H48N4O2SSi. The maximum Gasteiger partial charge on any atom is 0.319 e. The SMILES string of the molecule is [C-]#[N+]C1=C(/C=C/c2ccc(/C=C/c3ccc(N(CCC)CCC)cc3O[Si](c3ccccc3)(c3ccccc3)C(C)(C)C)s2)C(C)(C)O/C1=C(\C#N)[N+]#[C-]. The summed E-state index contributed by atoms with van der Waals surface area (Å²) in [4.78, 5) is 11.4. The van der Waals surface area contributed by atoms with E-state index in [-0.39, 0.29) is 22.2 Å². The molecule has 1 aliphatic heterocycles. The van der Waals surface area contributed by atoms with Gasteiger partial charge in [-0.05, 0) is 84.6 Å². The Morgan fingerprint density at radius 3 is 1.94 bits per heavy atom. The molecule has 1 aliphatic rings. The van der Waals surface area contributed by atoms with E-state index in [9.17, 15) is 5.26 Å². The fourth-order valence-corrected chi connectivity index (χ4v) is 12.3. The number of hydrogen-bond acceptors (Lipinski definition) is 5. The zero-order valence-electron chi connectivity index (χ0n) is 32.3. The van der Waals surface area contributed by atoms with Crippen LogP contribution in [0.4, 0.5) is 5.69 Å². The Bertz CT molecular complexity index is 2140. The molecule has 0 atom stereocenters. The van der Waals surface area contributed by atoms with Gasteiger partial charge < -0.3 is 14.1 Å². The van der Waals surface area contributed by atoms with Crippen molar-refractivity contribution in [1.29, 1.82) is 5.26 Å². The molecule has 1 aromatic heterocycles. The molecule has 0 spiro atoms. The number of benzene rings is 3. The number of anilines is 1. The molecule has 0 saturated carbocycles. The summed E-state index contributed by atoms with van der Waals surface area (Å²) >= 11 is 1.63. The van der Waals surface area contributed by atoms with Gasteiger partial charge in [0.25, 0.3) is 5.70 Å². The second kappa shape index (κ2) is 17.0. The van der Waals surface area contributed by atoms with Crippen LogP contribution in [0.15, 0.2) is 120 Å². The molecule has 0 fully saturated rings. The van der Waals surface area contributed by atoms with Crippen LogP contribution in [-0.2, 0) is 4.74 Å². The van der Waals surface area contributed by atoms with E-state index in [1.807, 2.05) is 32.1 Å². The van der Waals surface area contributed by atoms with E-state index in [0.717, 1.165) is 52.7 Å². The van der Waals surface area contributed by atoms with Gasteiger partial charge >= 0.3 is 8.32 Å². The molecular weight excluding hydrogens is 701 g/mol. The molecule has 8 heteroatoms. The van der Waals surface area contributed by atoms with Gasteiger partial charge in [0, 0.05) is 45.7 Å². The quantitative estimate of drug-likeness (QED) is 0.0776. The highest BCUT2D eigenvalue weighted by Gasteiger charge is 2.52. The highest BCUT2D eigenvalue weighted by molar-refractivity contribution is 7.13. The van der Waals surface area contributed by atoms with Gasteiger partial charge in [-0.2, -0.15) is 0 Å². The topological polar surface area (TPSA) is 54.2 Å². The van der Waals surface area contributed by atoms with E-state index in [0.29, 0.717) is 5.57 Å². The lowest BCUT2D eigenvalue weighted by atomic mass is 9.97. The van der Waals surface area contributed by atoms with Crippen molar-refractivity contribution in [3.05, 3.63) is 158 Å². The van der Waals surface area contributed by atoms with Crippen LogP contribution in [0.2, 0.25) is 5.04 Å². The predicted molar refractivity (Wildman–Crippen MR) is 228 cm³/mol. The molecule has 6 nitrogen and oxygen atoms in total. The monoisotopic (exact) mass is 748 g/mol. The molecule has 0 bridgehead atoms. The molecule has 274 valence electrons. The first-order valence-corrected chi connectivity index (χ1v) is 21.1. The molecule has 3 aromatic carbocycles. The van der Waals surface area contributed by atoms with Crippen molar-refractivity contribution in [3.63, 3.8) is 0 Å². The predicted octanol–water partition coefficient (Wildman–Crippen LogP) is 11.1. The van der Waals surface area contributed by atoms with E-state index in [1.165, 1.54) is 10.4 Å². The summed E-state index contributed by atoms with van der Waals surface area (Å²) in [5.74, 6) is 0.922. The molecule has 54 heavy (non-hydrogen) atoms. The summed E-state index contributed by atoms with van der Waals surface area (Å²) in [5.41, 5.74) is 1.95. The summed E-state index contributed by atoms with van der Waals surface area (Å²) in [5, 5.41) is 11.7. The zero-order chi connectivity index (χ0) is 38.9.